The second kappa shape index (κ2) is 8.28. The molecule has 1 saturated heterocycles. The fraction of sp³-hybridized carbons (Fsp3) is 0.429. The second-order valence-corrected chi connectivity index (χ2v) is 8.89. The Morgan fingerprint density at radius 1 is 1.29 bits per heavy atom. The topological polar surface area (TPSA) is 92.8 Å². The third-order valence-corrected chi connectivity index (χ3v) is 5.77. The number of amides is 1. The Hall–Kier alpha value is -1.16. The van der Waals surface area contributed by atoms with E-state index in [4.69, 9.17) is 16.3 Å². The van der Waals surface area contributed by atoms with Crippen LogP contribution < -0.4 is 5.32 Å². The molecule has 0 unspecified atom stereocenters. The van der Waals surface area contributed by atoms with E-state index in [1.807, 2.05) is 0 Å². The molecule has 1 aromatic carbocycles. The number of nitrogens with one attached hydrogen (secondary N) is 1. The van der Waals surface area contributed by atoms with Crippen LogP contribution in [0.25, 0.3) is 0 Å². The molecule has 24 heavy (non-hydrogen) atoms. The maximum atomic E-state index is 11.8. The molecule has 1 heterocycles. The van der Waals surface area contributed by atoms with E-state index in [0.29, 0.717) is 10.7 Å². The van der Waals surface area contributed by atoms with Crippen LogP contribution in [0.1, 0.15) is 0 Å². The van der Waals surface area contributed by atoms with Gasteiger partial charge in [-0.05, 0) is 18.2 Å². The van der Waals surface area contributed by atoms with E-state index in [1.165, 1.54) is 0 Å². The van der Waals surface area contributed by atoms with Gasteiger partial charge in [-0.15, -0.1) is 0 Å². The molecule has 0 saturated carbocycles. The highest BCUT2D eigenvalue weighted by atomic mass is 79.9. The molecule has 1 aromatic rings. The number of esters is 1. The highest BCUT2D eigenvalue weighted by Crippen LogP contribution is 2.25. The van der Waals surface area contributed by atoms with Gasteiger partial charge in [-0.2, -0.15) is 0 Å². The predicted octanol–water partition coefficient (Wildman–Crippen LogP) is 1.31. The van der Waals surface area contributed by atoms with Gasteiger partial charge in [0.25, 0.3) is 5.91 Å². The summed E-state index contributed by atoms with van der Waals surface area (Å²) in [5, 5.41) is 2.91. The van der Waals surface area contributed by atoms with Crippen LogP contribution in [0.2, 0.25) is 5.02 Å². The summed E-state index contributed by atoms with van der Waals surface area (Å²) in [6.45, 7) is 0.107. The third kappa shape index (κ3) is 6.04. The van der Waals surface area contributed by atoms with Crippen molar-refractivity contribution < 1.29 is 22.7 Å². The summed E-state index contributed by atoms with van der Waals surface area (Å²) in [4.78, 5) is 25.2. The molecule has 10 heteroatoms. The molecule has 1 aliphatic rings. The fourth-order valence-corrected chi connectivity index (χ4v) is 4.06. The first-order valence-corrected chi connectivity index (χ1v) is 10.1. The SMILES string of the molecule is O=C(COC(=O)CN1CCS(=O)(=O)CC1)Nc1ccc(Br)cc1Cl. The van der Waals surface area contributed by atoms with Gasteiger partial charge in [-0.1, -0.05) is 27.5 Å². The van der Waals surface area contributed by atoms with Crippen LogP contribution in [0.3, 0.4) is 0 Å². The Morgan fingerprint density at radius 3 is 2.58 bits per heavy atom. The van der Waals surface area contributed by atoms with Crippen molar-refractivity contribution in [3.63, 3.8) is 0 Å². The molecule has 132 valence electrons. The molecule has 0 atom stereocenters. The maximum absolute atomic E-state index is 11.8. The van der Waals surface area contributed by atoms with E-state index in [9.17, 15) is 18.0 Å². The lowest BCUT2D eigenvalue weighted by atomic mass is 10.3. The van der Waals surface area contributed by atoms with Gasteiger partial charge in [0.05, 0.1) is 28.8 Å². The third-order valence-electron chi connectivity index (χ3n) is 3.36. The lowest BCUT2D eigenvalue weighted by molar-refractivity contribution is -0.148. The summed E-state index contributed by atoms with van der Waals surface area (Å²) in [6.07, 6.45) is 0. The molecule has 1 N–H and O–H groups in total. The average Bonchev–Trinajstić information content (AvgIpc) is 2.50. The highest BCUT2D eigenvalue weighted by Gasteiger charge is 2.23. The van der Waals surface area contributed by atoms with Gasteiger partial charge in [-0.3, -0.25) is 14.5 Å². The van der Waals surface area contributed by atoms with Crippen molar-refractivity contribution >= 4 is 54.9 Å². The zero-order valence-electron chi connectivity index (χ0n) is 12.6. The average molecular weight is 440 g/mol. The number of halogens is 2. The van der Waals surface area contributed by atoms with Crippen molar-refractivity contribution in [2.24, 2.45) is 0 Å². The number of hydrogen-bond acceptors (Lipinski definition) is 6. The summed E-state index contributed by atoms with van der Waals surface area (Å²) in [6, 6.07) is 4.98. The molecule has 7 nitrogen and oxygen atoms in total. The number of hydrogen-bond donors (Lipinski definition) is 1. The Balaban J connectivity index is 1.74. The number of rotatable bonds is 5. The summed E-state index contributed by atoms with van der Waals surface area (Å²) in [7, 11) is -2.99. The van der Waals surface area contributed by atoms with Crippen LogP contribution in [0.4, 0.5) is 5.69 Å². The molecule has 0 aliphatic carbocycles. The smallest absolute Gasteiger partial charge is 0.320 e. The number of sulfone groups is 1. The quantitative estimate of drug-likeness (QED) is 0.696. The van der Waals surface area contributed by atoms with Crippen LogP contribution in [-0.2, 0) is 24.2 Å². The minimum Gasteiger partial charge on any atom is -0.455 e. The summed E-state index contributed by atoms with van der Waals surface area (Å²) < 4.78 is 28.3. The van der Waals surface area contributed by atoms with Gasteiger partial charge in [0.1, 0.15) is 0 Å². The van der Waals surface area contributed by atoms with Crippen molar-refractivity contribution in [1.82, 2.24) is 4.90 Å². The Kier molecular flexibility index (Phi) is 6.62. The number of carbonyl (C=O) groups excluding carboxylic acids is 2. The zero-order chi connectivity index (χ0) is 17.7. The maximum Gasteiger partial charge on any atom is 0.320 e. The predicted molar refractivity (Wildman–Crippen MR) is 93.8 cm³/mol. The summed E-state index contributed by atoms with van der Waals surface area (Å²) >= 11 is 9.24. The Labute approximate surface area is 153 Å². The number of nitrogens with zero attached hydrogens (tertiary/aromatic N) is 1. The Morgan fingerprint density at radius 2 is 1.96 bits per heavy atom. The van der Waals surface area contributed by atoms with Crippen LogP contribution in [0.15, 0.2) is 22.7 Å². The highest BCUT2D eigenvalue weighted by molar-refractivity contribution is 9.10. The standard InChI is InChI=1S/C14H16BrClN2O5S/c15-10-1-2-12(11(16)7-10)17-13(19)9-23-14(20)8-18-3-5-24(21,22)6-4-18/h1-2,7H,3-6,8-9H2,(H,17,19). The van der Waals surface area contributed by atoms with E-state index in [0.717, 1.165) is 4.47 Å². The van der Waals surface area contributed by atoms with Crippen LogP contribution in [0, 0.1) is 0 Å². The largest absolute Gasteiger partial charge is 0.455 e. The number of benzene rings is 1. The number of ether oxygens (including phenoxy) is 1. The van der Waals surface area contributed by atoms with Gasteiger partial charge < -0.3 is 10.1 Å². The minimum atomic E-state index is -2.99. The van der Waals surface area contributed by atoms with E-state index in [1.54, 1.807) is 23.1 Å². The summed E-state index contributed by atoms with van der Waals surface area (Å²) in [5.74, 6) is -1.02. The summed E-state index contributed by atoms with van der Waals surface area (Å²) in [5.41, 5.74) is 0.419. The number of anilines is 1. The molecule has 1 aliphatic heterocycles. The zero-order valence-corrected chi connectivity index (χ0v) is 15.8. The lowest BCUT2D eigenvalue weighted by Crippen LogP contribution is -2.43. The normalized spacial score (nSPS) is 17.2. The van der Waals surface area contributed by atoms with Crippen molar-refractivity contribution in [3.05, 3.63) is 27.7 Å². The monoisotopic (exact) mass is 438 g/mol. The van der Waals surface area contributed by atoms with E-state index in [-0.39, 0.29) is 31.1 Å². The molecule has 0 bridgehead atoms. The van der Waals surface area contributed by atoms with E-state index in [2.05, 4.69) is 21.2 Å². The van der Waals surface area contributed by atoms with Crippen molar-refractivity contribution in [1.29, 1.82) is 0 Å². The van der Waals surface area contributed by atoms with Gasteiger partial charge in [0, 0.05) is 17.6 Å². The minimum absolute atomic E-state index is 0.0306. The van der Waals surface area contributed by atoms with Crippen molar-refractivity contribution in [2.75, 3.05) is 43.1 Å². The first kappa shape index (κ1) is 19.2. The van der Waals surface area contributed by atoms with E-state index >= 15 is 0 Å². The number of carbonyl (C=O) groups is 2. The molecule has 0 radical (unpaired) electrons. The van der Waals surface area contributed by atoms with Crippen LogP contribution >= 0.6 is 27.5 Å². The molecule has 1 fully saturated rings. The molecule has 0 aromatic heterocycles. The van der Waals surface area contributed by atoms with Gasteiger partial charge in [0.2, 0.25) is 0 Å². The fourth-order valence-electron chi connectivity index (χ4n) is 2.06. The lowest BCUT2D eigenvalue weighted by Gasteiger charge is -2.25. The van der Waals surface area contributed by atoms with Gasteiger partial charge in [0.15, 0.2) is 16.4 Å². The first-order chi connectivity index (χ1) is 11.2. The van der Waals surface area contributed by atoms with E-state index < -0.39 is 28.3 Å². The van der Waals surface area contributed by atoms with Crippen LogP contribution in [-0.4, -0.2) is 62.9 Å². The second-order valence-electron chi connectivity index (χ2n) is 5.26. The van der Waals surface area contributed by atoms with Crippen molar-refractivity contribution in [3.8, 4) is 0 Å². The molecule has 2 rings (SSSR count). The molecule has 0 spiro atoms. The first-order valence-electron chi connectivity index (χ1n) is 7.08. The Bertz CT molecular complexity index is 727. The van der Waals surface area contributed by atoms with Crippen LogP contribution in [0.5, 0.6) is 0 Å². The van der Waals surface area contributed by atoms with Gasteiger partial charge >= 0.3 is 5.97 Å². The molecular weight excluding hydrogens is 424 g/mol. The van der Waals surface area contributed by atoms with Crippen molar-refractivity contribution in [2.45, 2.75) is 0 Å². The van der Waals surface area contributed by atoms with Gasteiger partial charge in [-0.25, -0.2) is 8.42 Å². The molecular formula is C14H16BrClN2O5S. The molecule has 1 amide bonds.